The molecule has 100 valence electrons. The van der Waals surface area contributed by atoms with Crippen molar-refractivity contribution in [3.05, 3.63) is 40.7 Å². The quantitative estimate of drug-likeness (QED) is 0.801. The van der Waals surface area contributed by atoms with Gasteiger partial charge in [0, 0.05) is 11.4 Å². The average Bonchev–Trinajstić information content (AvgIpc) is 2.91. The number of rotatable bonds is 6. The Balaban J connectivity index is 1.65. The second-order valence-corrected chi connectivity index (χ2v) is 5.93. The SMILES string of the molecule is Nc1ccc(SCC(=O)NCCc2cccs2)nc1. The maximum Gasteiger partial charge on any atom is 0.230 e. The summed E-state index contributed by atoms with van der Waals surface area (Å²) in [6.07, 6.45) is 2.48. The molecule has 2 heterocycles. The lowest BCUT2D eigenvalue weighted by atomic mass is 10.3. The molecule has 0 aromatic carbocycles. The maximum absolute atomic E-state index is 11.6. The molecule has 0 bridgehead atoms. The summed E-state index contributed by atoms with van der Waals surface area (Å²) >= 11 is 3.12. The van der Waals surface area contributed by atoms with Gasteiger partial charge in [-0.2, -0.15) is 0 Å². The molecule has 0 spiro atoms. The van der Waals surface area contributed by atoms with Gasteiger partial charge in [0.05, 0.1) is 22.7 Å². The van der Waals surface area contributed by atoms with Crippen LogP contribution in [0.15, 0.2) is 40.9 Å². The smallest absolute Gasteiger partial charge is 0.230 e. The van der Waals surface area contributed by atoms with Gasteiger partial charge in [0.1, 0.15) is 0 Å². The number of hydrogen-bond acceptors (Lipinski definition) is 5. The first-order valence-corrected chi connectivity index (χ1v) is 7.74. The monoisotopic (exact) mass is 293 g/mol. The predicted octanol–water partition coefficient (Wildman–Crippen LogP) is 2.18. The average molecular weight is 293 g/mol. The Kier molecular flexibility index (Phi) is 5.23. The molecule has 19 heavy (non-hydrogen) atoms. The van der Waals surface area contributed by atoms with E-state index >= 15 is 0 Å². The Morgan fingerprint density at radius 2 is 2.32 bits per heavy atom. The summed E-state index contributed by atoms with van der Waals surface area (Å²) in [5.74, 6) is 0.404. The summed E-state index contributed by atoms with van der Waals surface area (Å²) in [6, 6.07) is 7.69. The number of carbonyl (C=O) groups is 1. The number of nitrogens with zero attached hydrogens (tertiary/aromatic N) is 1. The fraction of sp³-hybridized carbons (Fsp3) is 0.231. The first-order valence-electron chi connectivity index (χ1n) is 5.87. The molecular formula is C13H15N3OS2. The molecule has 0 saturated carbocycles. The van der Waals surface area contributed by atoms with Crippen LogP contribution < -0.4 is 11.1 Å². The minimum Gasteiger partial charge on any atom is -0.397 e. The van der Waals surface area contributed by atoms with Crippen LogP contribution in [0, 0.1) is 0 Å². The van der Waals surface area contributed by atoms with Crippen LogP contribution in [0.2, 0.25) is 0 Å². The number of thiophene rings is 1. The third kappa shape index (κ3) is 4.92. The first-order chi connectivity index (χ1) is 9.24. The number of aromatic nitrogens is 1. The Bertz CT molecular complexity index is 511. The minimum atomic E-state index is 0.0279. The predicted molar refractivity (Wildman–Crippen MR) is 80.4 cm³/mol. The number of carbonyl (C=O) groups excluding carboxylic acids is 1. The van der Waals surface area contributed by atoms with Crippen molar-refractivity contribution < 1.29 is 4.79 Å². The Labute approximate surface area is 120 Å². The molecule has 4 nitrogen and oxygen atoms in total. The fourth-order valence-electron chi connectivity index (χ4n) is 1.45. The van der Waals surface area contributed by atoms with Gasteiger partial charge < -0.3 is 11.1 Å². The van der Waals surface area contributed by atoms with Gasteiger partial charge in [-0.1, -0.05) is 17.8 Å². The summed E-state index contributed by atoms with van der Waals surface area (Å²) in [5, 5.41) is 5.75. The molecule has 0 saturated heterocycles. The van der Waals surface area contributed by atoms with E-state index in [-0.39, 0.29) is 5.91 Å². The van der Waals surface area contributed by atoms with Gasteiger partial charge >= 0.3 is 0 Å². The molecule has 0 fully saturated rings. The molecule has 2 aromatic heterocycles. The summed E-state index contributed by atoms with van der Waals surface area (Å²) in [5.41, 5.74) is 6.17. The van der Waals surface area contributed by atoms with E-state index in [0.717, 1.165) is 11.4 Å². The van der Waals surface area contributed by atoms with Gasteiger partial charge in [0.2, 0.25) is 5.91 Å². The van der Waals surface area contributed by atoms with Crippen molar-refractivity contribution in [1.82, 2.24) is 10.3 Å². The van der Waals surface area contributed by atoms with E-state index in [4.69, 9.17) is 5.73 Å². The van der Waals surface area contributed by atoms with Gasteiger partial charge in [-0.3, -0.25) is 4.79 Å². The molecule has 0 unspecified atom stereocenters. The van der Waals surface area contributed by atoms with Gasteiger partial charge in [-0.25, -0.2) is 4.98 Å². The van der Waals surface area contributed by atoms with E-state index in [0.29, 0.717) is 18.0 Å². The summed E-state index contributed by atoms with van der Waals surface area (Å²) in [4.78, 5) is 17.0. The third-order valence-corrected chi connectivity index (χ3v) is 4.26. The van der Waals surface area contributed by atoms with Crippen LogP contribution in [0.5, 0.6) is 0 Å². The van der Waals surface area contributed by atoms with E-state index < -0.39 is 0 Å². The number of pyridine rings is 1. The van der Waals surface area contributed by atoms with Crippen molar-refractivity contribution in [1.29, 1.82) is 0 Å². The number of nitrogens with two attached hydrogens (primary N) is 1. The van der Waals surface area contributed by atoms with Crippen LogP contribution in [0.3, 0.4) is 0 Å². The molecule has 0 aliphatic heterocycles. The van der Waals surface area contributed by atoms with Gasteiger partial charge in [0.25, 0.3) is 0 Å². The van der Waals surface area contributed by atoms with Gasteiger partial charge in [0.15, 0.2) is 0 Å². The van der Waals surface area contributed by atoms with Gasteiger partial charge in [-0.05, 0) is 30.0 Å². The first kappa shape index (κ1) is 13.9. The van der Waals surface area contributed by atoms with Crippen LogP contribution in [0.25, 0.3) is 0 Å². The Morgan fingerprint density at radius 1 is 1.42 bits per heavy atom. The van der Waals surface area contributed by atoms with Crippen LogP contribution in [-0.2, 0) is 11.2 Å². The minimum absolute atomic E-state index is 0.0279. The van der Waals surface area contributed by atoms with E-state index in [2.05, 4.69) is 16.4 Å². The summed E-state index contributed by atoms with van der Waals surface area (Å²) in [7, 11) is 0. The Hall–Kier alpha value is -1.53. The highest BCUT2D eigenvalue weighted by molar-refractivity contribution is 7.99. The molecule has 2 aromatic rings. The molecule has 1 amide bonds. The van der Waals surface area contributed by atoms with Crippen molar-refractivity contribution in [2.75, 3.05) is 18.0 Å². The molecule has 0 aliphatic rings. The lowest BCUT2D eigenvalue weighted by Crippen LogP contribution is -2.27. The highest BCUT2D eigenvalue weighted by Crippen LogP contribution is 2.15. The molecule has 0 aliphatic carbocycles. The van der Waals surface area contributed by atoms with Crippen molar-refractivity contribution in [3.63, 3.8) is 0 Å². The Morgan fingerprint density at radius 3 is 3.00 bits per heavy atom. The molecule has 0 radical (unpaired) electrons. The number of nitrogen functional groups attached to an aromatic ring is 1. The van der Waals surface area contributed by atoms with Crippen LogP contribution in [0.1, 0.15) is 4.88 Å². The van der Waals surface area contributed by atoms with Crippen LogP contribution in [0.4, 0.5) is 5.69 Å². The van der Waals surface area contributed by atoms with Crippen molar-refractivity contribution in [2.45, 2.75) is 11.4 Å². The largest absolute Gasteiger partial charge is 0.397 e. The highest BCUT2D eigenvalue weighted by atomic mass is 32.2. The number of hydrogen-bond donors (Lipinski definition) is 2. The molecular weight excluding hydrogens is 278 g/mol. The van der Waals surface area contributed by atoms with Crippen molar-refractivity contribution >= 4 is 34.7 Å². The topological polar surface area (TPSA) is 68.0 Å². The maximum atomic E-state index is 11.6. The number of nitrogens with one attached hydrogen (secondary N) is 1. The zero-order valence-electron chi connectivity index (χ0n) is 10.3. The number of amides is 1. The van der Waals surface area contributed by atoms with Crippen molar-refractivity contribution in [2.24, 2.45) is 0 Å². The van der Waals surface area contributed by atoms with E-state index in [1.54, 1.807) is 23.6 Å². The van der Waals surface area contributed by atoms with E-state index in [1.165, 1.54) is 16.6 Å². The second kappa shape index (κ2) is 7.16. The lowest BCUT2D eigenvalue weighted by molar-refractivity contribution is -0.118. The number of anilines is 1. The molecule has 3 N–H and O–H groups in total. The lowest BCUT2D eigenvalue weighted by Gasteiger charge is -2.04. The molecule has 2 rings (SSSR count). The molecule has 6 heteroatoms. The van der Waals surface area contributed by atoms with Gasteiger partial charge in [-0.15, -0.1) is 11.3 Å². The van der Waals surface area contributed by atoms with E-state index in [1.807, 2.05) is 17.5 Å². The normalized spacial score (nSPS) is 10.3. The summed E-state index contributed by atoms with van der Waals surface area (Å²) < 4.78 is 0. The zero-order chi connectivity index (χ0) is 13.5. The second-order valence-electron chi connectivity index (χ2n) is 3.90. The standard InChI is InChI=1S/C13H15N3OS2/c14-10-3-4-13(16-8-10)19-9-12(17)15-6-5-11-2-1-7-18-11/h1-4,7-8H,5-6,9,14H2,(H,15,17). The van der Waals surface area contributed by atoms with E-state index in [9.17, 15) is 4.79 Å². The molecule has 0 atom stereocenters. The van der Waals surface area contributed by atoms with Crippen LogP contribution in [-0.4, -0.2) is 23.2 Å². The highest BCUT2D eigenvalue weighted by Gasteiger charge is 2.03. The fourth-order valence-corrected chi connectivity index (χ4v) is 2.83. The van der Waals surface area contributed by atoms with Crippen LogP contribution >= 0.6 is 23.1 Å². The van der Waals surface area contributed by atoms with Crippen molar-refractivity contribution in [3.8, 4) is 0 Å². The number of thioether (sulfide) groups is 1. The summed E-state index contributed by atoms with van der Waals surface area (Å²) in [6.45, 7) is 0.676. The third-order valence-electron chi connectivity index (χ3n) is 2.38. The zero-order valence-corrected chi connectivity index (χ0v) is 12.0.